The predicted octanol–water partition coefficient (Wildman–Crippen LogP) is 1.51. The number of rotatable bonds is 5. The maximum atomic E-state index is 13.9. The van der Waals surface area contributed by atoms with Crippen LogP contribution in [0.2, 0.25) is 0 Å². The molecule has 1 aliphatic rings. The van der Waals surface area contributed by atoms with Gasteiger partial charge in [0.1, 0.15) is 24.3 Å². The fourth-order valence-corrected chi connectivity index (χ4v) is 5.24. The molecule has 3 atom stereocenters. The van der Waals surface area contributed by atoms with E-state index in [1.165, 1.54) is 10.8 Å². The lowest BCUT2D eigenvalue weighted by atomic mass is 10.2. The molecular formula is C18H30FN3O3S. The Labute approximate surface area is 154 Å². The number of hydrogen-bond donors (Lipinski definition) is 3. The second-order valence-corrected chi connectivity index (χ2v) is 14.1. The molecule has 8 heteroatoms. The molecule has 0 spiro atoms. The van der Waals surface area contributed by atoms with E-state index in [-0.39, 0.29) is 12.2 Å². The van der Waals surface area contributed by atoms with Gasteiger partial charge in [-0.3, -0.25) is 4.57 Å². The number of nitrogens with two attached hydrogens (primary N) is 1. The molecule has 1 aliphatic heterocycles. The predicted molar refractivity (Wildman–Crippen MR) is 107 cm³/mol. The standard InChI is InChI=1S/C18H30FN3O3S/c1-5-26(4,6-2,7-3)9-8-13-11-22(18(24)21-17(13)20)16-10-14(19)15(12-23)25-16/h11,14-16,23,26H,5-7,10,12H2,1-4H3,(H2,20,21,24). The van der Waals surface area contributed by atoms with Crippen LogP contribution in [0.1, 0.15) is 39.0 Å². The van der Waals surface area contributed by atoms with Gasteiger partial charge < -0.3 is 15.6 Å². The van der Waals surface area contributed by atoms with Crippen LogP contribution in [0, 0.1) is 11.2 Å². The van der Waals surface area contributed by atoms with Crippen LogP contribution in [0.4, 0.5) is 10.2 Å². The van der Waals surface area contributed by atoms with Crippen LogP contribution in [-0.2, 0) is 4.74 Å². The lowest BCUT2D eigenvalue weighted by Crippen LogP contribution is -2.29. The van der Waals surface area contributed by atoms with Crippen LogP contribution in [0.3, 0.4) is 0 Å². The summed E-state index contributed by atoms with van der Waals surface area (Å²) in [5, 5.41) is 12.6. The van der Waals surface area contributed by atoms with E-state index in [1.54, 1.807) is 0 Å². The minimum absolute atomic E-state index is 0.0181. The average molecular weight is 388 g/mol. The largest absolute Gasteiger partial charge is 0.394 e. The molecule has 148 valence electrons. The molecular weight excluding hydrogens is 357 g/mol. The molecule has 0 radical (unpaired) electrons. The maximum absolute atomic E-state index is 13.9. The van der Waals surface area contributed by atoms with Crippen molar-refractivity contribution in [3.63, 3.8) is 0 Å². The molecule has 0 amide bonds. The van der Waals surface area contributed by atoms with Gasteiger partial charge in [-0.1, -0.05) is 31.9 Å². The highest BCUT2D eigenvalue weighted by Crippen LogP contribution is 2.64. The van der Waals surface area contributed by atoms with E-state index in [9.17, 15) is 9.18 Å². The second-order valence-electron chi connectivity index (χ2n) is 7.30. The molecule has 0 bridgehead atoms. The summed E-state index contributed by atoms with van der Waals surface area (Å²) >= 11 is 0. The Hall–Kier alpha value is -1.56. The Morgan fingerprint density at radius 3 is 2.54 bits per heavy atom. The molecule has 1 fully saturated rings. The van der Waals surface area contributed by atoms with E-state index in [1.807, 2.05) is 0 Å². The number of alkyl halides is 1. The molecule has 2 heterocycles. The lowest BCUT2D eigenvalue weighted by molar-refractivity contribution is -0.0355. The number of anilines is 1. The van der Waals surface area contributed by atoms with E-state index < -0.39 is 40.0 Å². The topological polar surface area (TPSA) is 90.4 Å². The van der Waals surface area contributed by atoms with Crippen molar-refractivity contribution in [1.29, 1.82) is 0 Å². The lowest BCUT2D eigenvalue weighted by Gasteiger charge is -2.52. The Kier molecular flexibility index (Phi) is 6.06. The van der Waals surface area contributed by atoms with Crippen LogP contribution in [0.25, 0.3) is 0 Å². The molecule has 1 aromatic rings. The van der Waals surface area contributed by atoms with Gasteiger partial charge in [-0.15, -0.1) is 0 Å². The van der Waals surface area contributed by atoms with E-state index in [2.05, 4.69) is 43.2 Å². The molecule has 0 aromatic carbocycles. The first-order valence-corrected chi connectivity index (χ1v) is 12.3. The summed E-state index contributed by atoms with van der Waals surface area (Å²) in [6, 6.07) is 0. The molecule has 2 rings (SSSR count). The van der Waals surface area contributed by atoms with Crippen LogP contribution in [-0.4, -0.2) is 57.1 Å². The summed E-state index contributed by atoms with van der Waals surface area (Å²) in [4.78, 5) is 16.0. The van der Waals surface area contributed by atoms with Gasteiger partial charge in [-0.05, 0) is 23.5 Å². The number of hydrogen-bond acceptors (Lipinski definition) is 5. The Balaban J connectivity index is 2.45. The van der Waals surface area contributed by atoms with Gasteiger partial charge in [0.25, 0.3) is 0 Å². The molecule has 3 N–H and O–H groups in total. The maximum Gasteiger partial charge on any atom is 0.351 e. The van der Waals surface area contributed by atoms with E-state index in [4.69, 9.17) is 15.6 Å². The molecule has 0 aliphatic carbocycles. The summed E-state index contributed by atoms with van der Waals surface area (Å²) < 4.78 is 20.5. The van der Waals surface area contributed by atoms with Crippen molar-refractivity contribution in [2.45, 2.75) is 45.7 Å². The third-order valence-corrected chi connectivity index (χ3v) is 12.3. The number of thiol groups is 1. The molecule has 3 unspecified atom stereocenters. The Morgan fingerprint density at radius 1 is 1.42 bits per heavy atom. The van der Waals surface area contributed by atoms with Crippen LogP contribution < -0.4 is 11.4 Å². The zero-order valence-electron chi connectivity index (χ0n) is 15.9. The number of aliphatic hydroxyl groups excluding tert-OH is 1. The highest BCUT2D eigenvalue weighted by atomic mass is 32.3. The third kappa shape index (κ3) is 3.90. The second kappa shape index (κ2) is 7.59. The van der Waals surface area contributed by atoms with E-state index in [0.717, 1.165) is 17.3 Å². The SMILES string of the molecule is CC[SH](C)(C#Cc1cn(C2CC(F)C(CO)O2)c(=O)nc1N)(CC)CC. The molecule has 26 heavy (non-hydrogen) atoms. The smallest absolute Gasteiger partial charge is 0.351 e. The first-order chi connectivity index (χ1) is 12.2. The van der Waals surface area contributed by atoms with Crippen molar-refractivity contribution in [2.24, 2.45) is 0 Å². The number of halogens is 1. The van der Waals surface area contributed by atoms with Gasteiger partial charge in [0.05, 0.1) is 12.2 Å². The zero-order chi connectivity index (χ0) is 19.6. The first-order valence-electron chi connectivity index (χ1n) is 9.02. The van der Waals surface area contributed by atoms with Crippen LogP contribution in [0.15, 0.2) is 11.0 Å². The quantitative estimate of drug-likeness (QED) is 0.526. The van der Waals surface area contributed by atoms with E-state index >= 15 is 0 Å². The van der Waals surface area contributed by atoms with Gasteiger partial charge in [0.2, 0.25) is 0 Å². The highest BCUT2D eigenvalue weighted by molar-refractivity contribution is 8.52. The molecule has 1 aromatic heterocycles. The summed E-state index contributed by atoms with van der Waals surface area (Å²) in [7, 11) is -2.15. The van der Waals surface area contributed by atoms with Crippen molar-refractivity contribution in [3.8, 4) is 11.2 Å². The van der Waals surface area contributed by atoms with Crippen LogP contribution >= 0.6 is 9.16 Å². The van der Waals surface area contributed by atoms with Gasteiger partial charge in [0, 0.05) is 12.6 Å². The van der Waals surface area contributed by atoms with Crippen LogP contribution in [0.5, 0.6) is 0 Å². The minimum atomic E-state index is -2.15. The van der Waals surface area contributed by atoms with Gasteiger partial charge in [-0.2, -0.15) is 4.98 Å². The van der Waals surface area contributed by atoms with E-state index in [0.29, 0.717) is 5.56 Å². The monoisotopic (exact) mass is 387 g/mol. The fraction of sp³-hybridized carbons (Fsp3) is 0.667. The van der Waals surface area contributed by atoms with Gasteiger partial charge in [0.15, 0.2) is 0 Å². The van der Waals surface area contributed by atoms with Crippen molar-refractivity contribution in [1.82, 2.24) is 9.55 Å². The zero-order valence-corrected chi connectivity index (χ0v) is 16.8. The minimum Gasteiger partial charge on any atom is -0.394 e. The first kappa shape index (κ1) is 20.7. The number of nitrogens with zero attached hydrogens (tertiary/aromatic N) is 2. The summed E-state index contributed by atoms with van der Waals surface area (Å²) in [5.74, 6) is 6.22. The van der Waals surface area contributed by atoms with Crippen molar-refractivity contribution >= 4 is 15.0 Å². The summed E-state index contributed by atoms with van der Waals surface area (Å²) in [6.45, 7) is 6.04. The molecule has 0 saturated carbocycles. The normalized spacial score (nSPS) is 24.5. The van der Waals surface area contributed by atoms with Crippen molar-refractivity contribution in [2.75, 3.05) is 35.9 Å². The molecule has 6 nitrogen and oxygen atoms in total. The Morgan fingerprint density at radius 2 is 2.04 bits per heavy atom. The number of aromatic nitrogens is 2. The number of ether oxygens (including phenoxy) is 1. The number of aliphatic hydroxyl groups is 1. The van der Waals surface area contributed by atoms with Gasteiger partial charge >= 0.3 is 5.69 Å². The average Bonchev–Trinajstić information content (AvgIpc) is 3.01. The number of nitrogen functional groups attached to an aromatic ring is 1. The Bertz CT molecular complexity index is 771. The van der Waals surface area contributed by atoms with Gasteiger partial charge in [-0.25, -0.2) is 18.3 Å². The fourth-order valence-electron chi connectivity index (χ4n) is 2.95. The molecule has 1 saturated heterocycles. The summed E-state index contributed by atoms with van der Waals surface area (Å²) in [6.07, 6.45) is 0.661. The third-order valence-electron chi connectivity index (χ3n) is 5.94. The van der Waals surface area contributed by atoms with Crippen molar-refractivity contribution < 1.29 is 14.2 Å². The highest BCUT2D eigenvalue weighted by Gasteiger charge is 2.36. The summed E-state index contributed by atoms with van der Waals surface area (Å²) in [5.41, 5.74) is 5.73. The van der Waals surface area contributed by atoms with Crippen molar-refractivity contribution in [3.05, 3.63) is 22.2 Å².